The predicted octanol–water partition coefficient (Wildman–Crippen LogP) is 1.28. The third kappa shape index (κ3) is 4.52. The number of carbonyl (C=O) groups excluding carboxylic acids is 2. The second kappa shape index (κ2) is 6.24. The molecule has 0 aliphatic heterocycles. The zero-order valence-electron chi connectivity index (χ0n) is 9.60. The van der Waals surface area contributed by atoms with E-state index in [2.05, 4.69) is 15.4 Å². The molecule has 96 valence electrons. The lowest BCUT2D eigenvalue weighted by molar-refractivity contribution is -0.139. The highest BCUT2D eigenvalue weighted by Gasteiger charge is 2.08. The summed E-state index contributed by atoms with van der Waals surface area (Å²) in [4.78, 5) is 32.5. The van der Waals surface area contributed by atoms with E-state index in [1.54, 1.807) is 18.2 Å². The Kier molecular flexibility index (Phi) is 4.67. The second-order valence-corrected chi connectivity index (χ2v) is 3.32. The normalized spacial score (nSPS) is 9.39. The van der Waals surface area contributed by atoms with Crippen LogP contribution in [0.4, 0.5) is 16.2 Å². The summed E-state index contributed by atoms with van der Waals surface area (Å²) in [5.74, 6) is -1.85. The van der Waals surface area contributed by atoms with E-state index in [1.807, 2.05) is 0 Å². The molecule has 3 N–H and O–H groups in total. The molecule has 0 saturated carbocycles. The van der Waals surface area contributed by atoms with Crippen LogP contribution in [-0.2, 0) is 14.3 Å². The average molecular weight is 252 g/mol. The summed E-state index contributed by atoms with van der Waals surface area (Å²) in [6.07, 6.45) is -1.25. The average Bonchev–Trinajstić information content (AvgIpc) is 2.28. The van der Waals surface area contributed by atoms with Crippen LogP contribution in [0, 0.1) is 0 Å². The van der Waals surface area contributed by atoms with Crippen molar-refractivity contribution in [2.24, 2.45) is 0 Å². The molecule has 1 aromatic rings. The maximum atomic E-state index is 11.2. The van der Waals surface area contributed by atoms with Gasteiger partial charge in [0.25, 0.3) is 0 Å². The number of carbonyl (C=O) groups is 3. The lowest BCUT2D eigenvalue weighted by atomic mass is 10.2. The Bertz CT molecular complexity index is 472. The Morgan fingerprint density at radius 2 is 1.83 bits per heavy atom. The first-order chi connectivity index (χ1) is 8.51. The van der Waals surface area contributed by atoms with Crippen LogP contribution in [0.25, 0.3) is 0 Å². The highest BCUT2D eigenvalue weighted by atomic mass is 16.5. The van der Waals surface area contributed by atoms with Crippen LogP contribution in [0.1, 0.15) is 6.42 Å². The predicted molar refractivity (Wildman–Crippen MR) is 63.4 cm³/mol. The lowest BCUT2D eigenvalue weighted by Gasteiger charge is -2.07. The summed E-state index contributed by atoms with van der Waals surface area (Å²) in [6.45, 7) is 0. The molecule has 18 heavy (non-hydrogen) atoms. The van der Waals surface area contributed by atoms with Gasteiger partial charge in [0.05, 0.1) is 7.11 Å². The van der Waals surface area contributed by atoms with Crippen LogP contribution < -0.4 is 10.6 Å². The molecule has 0 radical (unpaired) electrons. The van der Waals surface area contributed by atoms with Gasteiger partial charge in [-0.1, -0.05) is 6.07 Å². The van der Waals surface area contributed by atoms with Gasteiger partial charge in [0, 0.05) is 11.4 Å². The SMILES string of the molecule is COC(=O)Nc1cccc(NC(=O)CC(=O)O)c1. The van der Waals surface area contributed by atoms with Crippen LogP contribution in [0.2, 0.25) is 0 Å². The molecule has 2 amide bonds. The van der Waals surface area contributed by atoms with E-state index in [1.165, 1.54) is 13.2 Å². The van der Waals surface area contributed by atoms with Crippen molar-refractivity contribution in [1.29, 1.82) is 0 Å². The highest BCUT2D eigenvalue weighted by Crippen LogP contribution is 2.15. The molecule has 0 aliphatic rings. The minimum Gasteiger partial charge on any atom is -0.481 e. The van der Waals surface area contributed by atoms with Gasteiger partial charge in [-0.3, -0.25) is 14.9 Å². The van der Waals surface area contributed by atoms with E-state index in [0.717, 1.165) is 0 Å². The maximum absolute atomic E-state index is 11.2. The van der Waals surface area contributed by atoms with Crippen LogP contribution >= 0.6 is 0 Å². The highest BCUT2D eigenvalue weighted by molar-refractivity contribution is 6.01. The fourth-order valence-electron chi connectivity index (χ4n) is 1.19. The standard InChI is InChI=1S/C11H12N2O5/c1-18-11(17)13-8-4-2-3-7(5-8)12-9(14)6-10(15)16/h2-5H,6H2,1H3,(H,12,14)(H,13,17)(H,15,16). The zero-order valence-corrected chi connectivity index (χ0v) is 9.60. The van der Waals surface area contributed by atoms with Gasteiger partial charge in [-0.25, -0.2) is 4.79 Å². The van der Waals surface area contributed by atoms with E-state index in [4.69, 9.17) is 5.11 Å². The number of rotatable bonds is 4. The minimum absolute atomic E-state index is 0.384. The molecular weight excluding hydrogens is 240 g/mol. The van der Waals surface area contributed by atoms with Crippen LogP contribution in [0.5, 0.6) is 0 Å². The smallest absolute Gasteiger partial charge is 0.411 e. The van der Waals surface area contributed by atoms with Crippen LogP contribution in [-0.4, -0.2) is 30.2 Å². The molecule has 0 heterocycles. The van der Waals surface area contributed by atoms with Crippen molar-refractivity contribution in [3.8, 4) is 0 Å². The van der Waals surface area contributed by atoms with Gasteiger partial charge in [0.2, 0.25) is 5.91 Å². The van der Waals surface area contributed by atoms with Crippen molar-refractivity contribution in [3.05, 3.63) is 24.3 Å². The largest absolute Gasteiger partial charge is 0.481 e. The molecule has 7 heteroatoms. The Morgan fingerprint density at radius 1 is 1.22 bits per heavy atom. The number of methoxy groups -OCH3 is 1. The van der Waals surface area contributed by atoms with Crippen molar-refractivity contribution in [2.45, 2.75) is 6.42 Å². The minimum atomic E-state index is -1.21. The second-order valence-electron chi connectivity index (χ2n) is 3.32. The molecule has 0 atom stereocenters. The van der Waals surface area contributed by atoms with E-state index >= 15 is 0 Å². The number of hydrogen-bond acceptors (Lipinski definition) is 4. The fourth-order valence-corrected chi connectivity index (χ4v) is 1.19. The molecule has 0 fully saturated rings. The van der Waals surface area contributed by atoms with E-state index in [9.17, 15) is 14.4 Å². The van der Waals surface area contributed by atoms with Crippen molar-refractivity contribution in [2.75, 3.05) is 17.7 Å². The summed E-state index contributed by atoms with van der Waals surface area (Å²) in [7, 11) is 1.23. The lowest BCUT2D eigenvalue weighted by Crippen LogP contribution is -2.16. The van der Waals surface area contributed by atoms with Gasteiger partial charge < -0.3 is 15.2 Å². The number of anilines is 2. The molecule has 0 saturated heterocycles. The summed E-state index contributed by atoms with van der Waals surface area (Å²) in [6, 6.07) is 6.25. The Hall–Kier alpha value is -2.57. The first-order valence-electron chi connectivity index (χ1n) is 4.98. The van der Waals surface area contributed by atoms with Crippen molar-refractivity contribution in [1.82, 2.24) is 0 Å². The van der Waals surface area contributed by atoms with Crippen LogP contribution in [0.3, 0.4) is 0 Å². The number of carboxylic acids is 1. The number of ether oxygens (including phenoxy) is 1. The first kappa shape index (κ1) is 13.5. The van der Waals surface area contributed by atoms with Gasteiger partial charge in [0.15, 0.2) is 0 Å². The molecule has 1 aromatic carbocycles. The summed E-state index contributed by atoms with van der Waals surface area (Å²) >= 11 is 0. The number of benzene rings is 1. The Morgan fingerprint density at radius 3 is 2.39 bits per heavy atom. The van der Waals surface area contributed by atoms with Crippen molar-refractivity contribution in [3.63, 3.8) is 0 Å². The number of hydrogen-bond donors (Lipinski definition) is 3. The van der Waals surface area contributed by atoms with Crippen LogP contribution in [0.15, 0.2) is 24.3 Å². The third-order valence-electron chi connectivity index (χ3n) is 1.89. The molecule has 0 bridgehead atoms. The van der Waals surface area contributed by atoms with Gasteiger partial charge in [-0.2, -0.15) is 0 Å². The van der Waals surface area contributed by atoms with Crippen molar-refractivity contribution >= 4 is 29.3 Å². The topological polar surface area (TPSA) is 105 Å². The fraction of sp³-hybridized carbons (Fsp3) is 0.182. The molecule has 0 unspecified atom stereocenters. The molecule has 1 rings (SSSR count). The van der Waals surface area contributed by atoms with Gasteiger partial charge in [0.1, 0.15) is 6.42 Å². The Balaban J connectivity index is 2.67. The van der Waals surface area contributed by atoms with Crippen molar-refractivity contribution < 1.29 is 24.2 Å². The third-order valence-corrected chi connectivity index (χ3v) is 1.89. The summed E-state index contributed by atoms with van der Waals surface area (Å²) < 4.78 is 4.41. The van der Waals surface area contributed by atoms with E-state index in [-0.39, 0.29) is 0 Å². The first-order valence-corrected chi connectivity index (χ1v) is 4.98. The van der Waals surface area contributed by atoms with Gasteiger partial charge in [-0.15, -0.1) is 0 Å². The van der Waals surface area contributed by atoms with E-state index in [0.29, 0.717) is 11.4 Å². The van der Waals surface area contributed by atoms with E-state index < -0.39 is 24.4 Å². The molecule has 0 aliphatic carbocycles. The molecule has 0 aromatic heterocycles. The quantitative estimate of drug-likeness (QED) is 0.700. The summed E-state index contributed by atoms with van der Waals surface area (Å²) in [5, 5.41) is 13.2. The number of amides is 2. The monoisotopic (exact) mass is 252 g/mol. The number of carboxylic acid groups (broad SMARTS) is 1. The molecule has 0 spiro atoms. The summed E-state index contributed by atoms with van der Waals surface area (Å²) in [5.41, 5.74) is 0.810. The maximum Gasteiger partial charge on any atom is 0.411 e. The number of aliphatic carboxylic acids is 1. The molecule has 7 nitrogen and oxygen atoms in total. The van der Waals surface area contributed by atoms with Gasteiger partial charge >= 0.3 is 12.1 Å². The number of nitrogens with one attached hydrogen (secondary N) is 2. The van der Waals surface area contributed by atoms with Gasteiger partial charge in [-0.05, 0) is 18.2 Å². The zero-order chi connectivity index (χ0) is 13.5. The molecular formula is C11H12N2O5. The Labute approximate surface area is 103 Å².